The molecule has 0 unspecified atom stereocenters. The van der Waals surface area contributed by atoms with Crippen molar-refractivity contribution in [1.82, 2.24) is 10.9 Å². The number of aliphatic hydroxyl groups excluding tert-OH is 1. The van der Waals surface area contributed by atoms with E-state index in [1.807, 2.05) is 72.8 Å². The van der Waals surface area contributed by atoms with Crippen LogP contribution in [0.3, 0.4) is 0 Å². The zero-order valence-electron chi connectivity index (χ0n) is 22.5. The van der Waals surface area contributed by atoms with E-state index in [9.17, 15) is 4.79 Å². The SMILES string of the molecule is CCCCCNNC(=O)[C@@]1(Cc2ccccc2Br)N=C(c2ccc(OCCCO)cc2)O[C@H]1c1ccccc1Br. The maximum Gasteiger partial charge on any atom is 0.266 e. The normalized spacial score (nSPS) is 18.2. The molecular weight excluding hydrogens is 638 g/mol. The second-order valence-corrected chi connectivity index (χ2v) is 11.4. The molecule has 0 radical (unpaired) electrons. The Labute approximate surface area is 252 Å². The molecule has 3 N–H and O–H groups in total. The lowest BCUT2D eigenvalue weighted by atomic mass is 9.82. The van der Waals surface area contributed by atoms with Crippen molar-refractivity contribution in [1.29, 1.82) is 0 Å². The molecule has 40 heavy (non-hydrogen) atoms. The van der Waals surface area contributed by atoms with E-state index >= 15 is 0 Å². The first-order valence-electron chi connectivity index (χ1n) is 13.6. The van der Waals surface area contributed by atoms with E-state index in [4.69, 9.17) is 19.6 Å². The lowest BCUT2D eigenvalue weighted by Crippen LogP contribution is -2.54. The summed E-state index contributed by atoms with van der Waals surface area (Å²) in [5.74, 6) is 0.807. The smallest absolute Gasteiger partial charge is 0.266 e. The highest BCUT2D eigenvalue weighted by atomic mass is 79.9. The van der Waals surface area contributed by atoms with Crippen LogP contribution in [0, 0.1) is 0 Å². The van der Waals surface area contributed by atoms with Gasteiger partial charge in [0.1, 0.15) is 5.75 Å². The van der Waals surface area contributed by atoms with E-state index in [0.29, 0.717) is 37.6 Å². The first kappa shape index (κ1) is 30.2. The average molecular weight is 673 g/mol. The minimum atomic E-state index is -1.29. The van der Waals surface area contributed by atoms with Gasteiger partial charge in [0.15, 0.2) is 11.6 Å². The molecule has 0 fully saturated rings. The Morgan fingerprint density at radius 2 is 1.73 bits per heavy atom. The molecule has 0 aliphatic carbocycles. The molecule has 0 spiro atoms. The number of benzene rings is 3. The van der Waals surface area contributed by atoms with Gasteiger partial charge in [-0.25, -0.2) is 10.4 Å². The number of rotatable bonds is 14. The third-order valence-corrected chi connectivity index (χ3v) is 8.24. The molecule has 3 aromatic carbocycles. The van der Waals surface area contributed by atoms with Gasteiger partial charge in [0.05, 0.1) is 6.61 Å². The van der Waals surface area contributed by atoms with Crippen LogP contribution in [0.25, 0.3) is 0 Å². The molecule has 0 saturated carbocycles. The standard InChI is InChI=1S/C31H35Br2N3O4/c1-2-3-8-18-34-36-30(38)31(21-23-10-4-6-12-26(23)32)28(25-11-5-7-13-27(25)33)40-29(35-31)22-14-16-24(17-15-22)39-20-9-19-37/h4-7,10-17,28,34,37H,2-3,8-9,18-21H2,1H3,(H,36,38)/t28-,31-/m0/s1. The van der Waals surface area contributed by atoms with Crippen molar-refractivity contribution in [2.45, 2.75) is 50.7 Å². The number of amides is 1. The fourth-order valence-electron chi connectivity index (χ4n) is 4.59. The van der Waals surface area contributed by atoms with E-state index in [2.05, 4.69) is 49.6 Å². The summed E-state index contributed by atoms with van der Waals surface area (Å²) in [7, 11) is 0. The predicted octanol–water partition coefficient (Wildman–Crippen LogP) is 6.28. The Kier molecular flexibility index (Phi) is 11.2. The van der Waals surface area contributed by atoms with Crippen LogP contribution in [0.4, 0.5) is 0 Å². The number of hydrazine groups is 1. The molecule has 2 atom stereocenters. The molecule has 0 saturated heterocycles. The Hall–Kier alpha value is -2.72. The largest absolute Gasteiger partial charge is 0.494 e. The number of carbonyl (C=O) groups is 1. The van der Waals surface area contributed by atoms with Gasteiger partial charge < -0.3 is 14.6 Å². The van der Waals surface area contributed by atoms with Crippen LogP contribution in [0.2, 0.25) is 0 Å². The van der Waals surface area contributed by atoms with E-state index < -0.39 is 11.6 Å². The molecular formula is C31H35Br2N3O4. The van der Waals surface area contributed by atoms with Crippen LogP contribution in [-0.4, -0.2) is 42.2 Å². The van der Waals surface area contributed by atoms with Gasteiger partial charge in [0.2, 0.25) is 5.90 Å². The van der Waals surface area contributed by atoms with Crippen molar-refractivity contribution in [3.05, 3.63) is 98.4 Å². The zero-order chi connectivity index (χ0) is 28.4. The minimum absolute atomic E-state index is 0.0777. The maximum absolute atomic E-state index is 14.2. The van der Waals surface area contributed by atoms with E-state index in [0.717, 1.165) is 44.9 Å². The highest BCUT2D eigenvalue weighted by Gasteiger charge is 2.54. The van der Waals surface area contributed by atoms with E-state index in [1.54, 1.807) is 0 Å². The number of ether oxygens (including phenoxy) is 2. The number of nitrogens with one attached hydrogen (secondary N) is 2. The van der Waals surface area contributed by atoms with Crippen LogP contribution in [0.15, 0.2) is 86.7 Å². The zero-order valence-corrected chi connectivity index (χ0v) is 25.7. The Balaban J connectivity index is 1.74. The minimum Gasteiger partial charge on any atom is -0.494 e. The Morgan fingerprint density at radius 1 is 1.00 bits per heavy atom. The lowest BCUT2D eigenvalue weighted by Gasteiger charge is -2.31. The van der Waals surface area contributed by atoms with Gasteiger partial charge in [-0.05, 0) is 48.4 Å². The third kappa shape index (κ3) is 7.32. The molecule has 9 heteroatoms. The Bertz CT molecular complexity index is 1300. The monoisotopic (exact) mass is 671 g/mol. The first-order valence-corrected chi connectivity index (χ1v) is 15.2. The van der Waals surface area contributed by atoms with Gasteiger partial charge >= 0.3 is 0 Å². The molecule has 4 rings (SSSR count). The van der Waals surface area contributed by atoms with Crippen molar-refractivity contribution in [3.63, 3.8) is 0 Å². The third-order valence-electron chi connectivity index (χ3n) is 6.74. The summed E-state index contributed by atoms with van der Waals surface area (Å²) in [5, 5.41) is 9.02. The molecule has 1 aliphatic heterocycles. The van der Waals surface area contributed by atoms with Crippen molar-refractivity contribution in [2.24, 2.45) is 4.99 Å². The molecule has 7 nitrogen and oxygen atoms in total. The summed E-state index contributed by atoms with van der Waals surface area (Å²) in [6.45, 7) is 3.32. The van der Waals surface area contributed by atoms with Gasteiger partial charge in [-0.3, -0.25) is 10.2 Å². The summed E-state index contributed by atoms with van der Waals surface area (Å²) in [4.78, 5) is 19.2. The van der Waals surface area contributed by atoms with E-state index in [1.165, 1.54) is 0 Å². The van der Waals surface area contributed by atoms with Crippen LogP contribution < -0.4 is 15.6 Å². The number of unbranched alkanes of at least 4 members (excludes halogenated alkanes) is 2. The van der Waals surface area contributed by atoms with Gasteiger partial charge in [-0.2, -0.15) is 0 Å². The number of halogens is 2. The summed E-state index contributed by atoms with van der Waals surface area (Å²) >= 11 is 7.35. The molecule has 1 aliphatic rings. The quantitative estimate of drug-likeness (QED) is 0.138. The van der Waals surface area contributed by atoms with Gasteiger partial charge in [0, 0.05) is 46.1 Å². The number of aliphatic imine (C=N–C) groups is 1. The van der Waals surface area contributed by atoms with Crippen molar-refractivity contribution >= 4 is 43.7 Å². The average Bonchev–Trinajstić information content (AvgIpc) is 3.35. The summed E-state index contributed by atoms with van der Waals surface area (Å²) in [5.41, 5.74) is 7.28. The molecule has 0 bridgehead atoms. The van der Waals surface area contributed by atoms with Crippen LogP contribution in [0.1, 0.15) is 55.4 Å². The van der Waals surface area contributed by atoms with Crippen molar-refractivity contribution in [2.75, 3.05) is 19.8 Å². The van der Waals surface area contributed by atoms with E-state index in [-0.39, 0.29) is 12.5 Å². The summed E-state index contributed by atoms with van der Waals surface area (Å²) in [6, 6.07) is 23.1. The van der Waals surface area contributed by atoms with Crippen LogP contribution >= 0.6 is 31.9 Å². The van der Waals surface area contributed by atoms with Gasteiger partial charge in [-0.15, -0.1) is 0 Å². The predicted molar refractivity (Wildman–Crippen MR) is 164 cm³/mol. The van der Waals surface area contributed by atoms with Crippen molar-refractivity contribution in [3.8, 4) is 5.75 Å². The number of hydrogen-bond donors (Lipinski definition) is 3. The number of aliphatic hydroxyl groups is 1. The maximum atomic E-state index is 14.2. The van der Waals surface area contributed by atoms with Crippen molar-refractivity contribution < 1.29 is 19.4 Å². The highest BCUT2D eigenvalue weighted by Crippen LogP contribution is 2.45. The summed E-state index contributed by atoms with van der Waals surface area (Å²) < 4.78 is 14.0. The lowest BCUT2D eigenvalue weighted by molar-refractivity contribution is -0.130. The topological polar surface area (TPSA) is 92.2 Å². The first-order chi connectivity index (χ1) is 19.5. The Morgan fingerprint density at radius 3 is 2.42 bits per heavy atom. The molecule has 0 aromatic heterocycles. The molecule has 1 amide bonds. The number of carbonyl (C=O) groups excluding carboxylic acids is 1. The fraction of sp³-hybridized carbons (Fsp3) is 0.355. The second-order valence-electron chi connectivity index (χ2n) is 9.67. The van der Waals surface area contributed by atoms with Gasteiger partial charge in [-0.1, -0.05) is 88.0 Å². The number of nitrogens with zero attached hydrogens (tertiary/aromatic N) is 1. The fourth-order valence-corrected chi connectivity index (χ4v) is 5.51. The number of hydrogen-bond acceptors (Lipinski definition) is 6. The van der Waals surface area contributed by atoms with Gasteiger partial charge in [0.25, 0.3) is 5.91 Å². The molecule has 1 heterocycles. The van der Waals surface area contributed by atoms with Crippen LogP contribution in [-0.2, 0) is 16.0 Å². The molecule has 3 aromatic rings. The summed E-state index contributed by atoms with van der Waals surface area (Å²) in [6.07, 6.45) is 3.32. The van der Waals surface area contributed by atoms with Crippen LogP contribution in [0.5, 0.6) is 5.75 Å². The second kappa shape index (κ2) is 14.8. The highest BCUT2D eigenvalue weighted by molar-refractivity contribution is 9.10. The molecule has 212 valence electrons.